The monoisotopic (exact) mass is 453 g/mol. The van der Waals surface area contributed by atoms with Crippen LogP contribution in [0.3, 0.4) is 0 Å². The number of carbonyl (C=O) groups is 2. The topological polar surface area (TPSA) is 64.6 Å². The van der Waals surface area contributed by atoms with Crippen LogP contribution in [-0.2, 0) is 11.4 Å². The van der Waals surface area contributed by atoms with Crippen molar-refractivity contribution in [2.24, 2.45) is 0 Å². The highest BCUT2D eigenvalue weighted by Crippen LogP contribution is 2.38. The number of halogens is 2. The predicted octanol–water partition coefficient (Wildman–Crippen LogP) is 5.01. The van der Waals surface area contributed by atoms with Gasteiger partial charge in [0, 0.05) is 10.6 Å². The average Bonchev–Trinajstić information content (AvgIpc) is 2.92. The molecule has 1 aliphatic rings. The van der Waals surface area contributed by atoms with E-state index in [-0.39, 0.29) is 11.8 Å². The van der Waals surface area contributed by atoms with Crippen molar-refractivity contribution in [2.75, 3.05) is 7.11 Å². The Bertz CT molecular complexity index is 916. The Morgan fingerprint density at radius 1 is 1.27 bits per heavy atom. The Morgan fingerprint density at radius 3 is 2.69 bits per heavy atom. The van der Waals surface area contributed by atoms with Crippen LogP contribution < -0.4 is 14.8 Å². The Balaban J connectivity index is 1.86. The van der Waals surface area contributed by atoms with Crippen LogP contribution in [-0.4, -0.2) is 18.3 Å². The quantitative estimate of drug-likeness (QED) is 0.643. The molecule has 1 fully saturated rings. The number of imide groups is 1. The molecule has 0 saturated carbocycles. The average molecular weight is 455 g/mol. The maximum Gasteiger partial charge on any atom is 0.290 e. The largest absolute Gasteiger partial charge is 0.493 e. The van der Waals surface area contributed by atoms with E-state index in [1.54, 1.807) is 24.3 Å². The van der Waals surface area contributed by atoms with Crippen molar-refractivity contribution in [1.29, 1.82) is 0 Å². The summed E-state index contributed by atoms with van der Waals surface area (Å²) in [4.78, 5) is 23.3. The number of thioether (sulfide) groups is 1. The molecule has 0 aromatic heterocycles. The van der Waals surface area contributed by atoms with Gasteiger partial charge >= 0.3 is 0 Å². The van der Waals surface area contributed by atoms with Crippen LogP contribution in [0, 0.1) is 0 Å². The van der Waals surface area contributed by atoms with Crippen molar-refractivity contribution in [2.45, 2.75) is 6.61 Å². The molecule has 0 aliphatic carbocycles. The van der Waals surface area contributed by atoms with Crippen molar-refractivity contribution in [3.05, 3.63) is 61.9 Å². The molecule has 1 heterocycles. The van der Waals surface area contributed by atoms with Crippen molar-refractivity contribution in [1.82, 2.24) is 5.32 Å². The van der Waals surface area contributed by atoms with Crippen LogP contribution in [0.5, 0.6) is 11.5 Å². The third-order valence-corrected chi connectivity index (χ3v) is 5.29. The molecule has 3 rings (SSSR count). The predicted molar refractivity (Wildman–Crippen MR) is 106 cm³/mol. The van der Waals surface area contributed by atoms with E-state index < -0.39 is 5.91 Å². The van der Waals surface area contributed by atoms with Gasteiger partial charge in [0.2, 0.25) is 0 Å². The van der Waals surface area contributed by atoms with Gasteiger partial charge in [0.25, 0.3) is 11.1 Å². The fourth-order valence-corrected chi connectivity index (χ4v) is 3.75. The number of carbonyl (C=O) groups excluding carboxylic acids is 2. The molecule has 0 bridgehead atoms. The number of hydrogen-bond acceptors (Lipinski definition) is 5. The molecule has 1 N–H and O–H groups in total. The lowest BCUT2D eigenvalue weighted by Crippen LogP contribution is -2.17. The van der Waals surface area contributed by atoms with Crippen LogP contribution in [0.4, 0.5) is 4.79 Å². The minimum Gasteiger partial charge on any atom is -0.493 e. The third-order valence-electron chi connectivity index (χ3n) is 3.52. The Labute approximate surface area is 167 Å². The van der Waals surface area contributed by atoms with Crippen molar-refractivity contribution in [3.63, 3.8) is 0 Å². The molecule has 0 unspecified atom stereocenters. The number of nitrogens with one attached hydrogen (secondary N) is 1. The highest BCUT2D eigenvalue weighted by Gasteiger charge is 2.25. The van der Waals surface area contributed by atoms with Gasteiger partial charge < -0.3 is 9.47 Å². The first kappa shape index (κ1) is 18.8. The smallest absolute Gasteiger partial charge is 0.290 e. The number of hydrogen-bond donors (Lipinski definition) is 1. The number of methoxy groups -OCH3 is 1. The van der Waals surface area contributed by atoms with E-state index in [9.17, 15) is 9.59 Å². The van der Waals surface area contributed by atoms with E-state index in [1.165, 1.54) is 7.11 Å². The minimum atomic E-state index is -0.408. The number of ether oxygens (including phenoxy) is 2. The van der Waals surface area contributed by atoms with Crippen LogP contribution in [0.15, 0.2) is 45.8 Å². The molecule has 2 amide bonds. The summed E-state index contributed by atoms with van der Waals surface area (Å²) in [5.74, 6) is 0.608. The lowest BCUT2D eigenvalue weighted by Gasteiger charge is -2.14. The van der Waals surface area contributed by atoms with Crippen LogP contribution >= 0.6 is 39.3 Å². The lowest BCUT2D eigenvalue weighted by atomic mass is 10.2. The zero-order valence-electron chi connectivity index (χ0n) is 13.5. The standard InChI is InChI=1S/C18H13BrClNO4S/c1-24-14-7-10(8-15-17(22)21-18(23)26-15)6-12(19)16(14)25-9-11-4-2-3-5-13(11)20/h2-8H,9H2,1H3,(H,21,22,23)/b15-8-. The molecule has 2 aromatic rings. The molecule has 5 nitrogen and oxygen atoms in total. The second-order valence-electron chi connectivity index (χ2n) is 5.27. The van der Waals surface area contributed by atoms with Crippen molar-refractivity contribution in [3.8, 4) is 11.5 Å². The molecular formula is C18H13BrClNO4S. The van der Waals surface area contributed by atoms with E-state index in [0.29, 0.717) is 31.5 Å². The summed E-state index contributed by atoms with van der Waals surface area (Å²) < 4.78 is 11.9. The van der Waals surface area contributed by atoms with E-state index in [0.717, 1.165) is 17.3 Å². The summed E-state index contributed by atoms with van der Waals surface area (Å²) in [5, 5.41) is 2.46. The van der Waals surface area contributed by atoms with Gasteiger partial charge in [0.15, 0.2) is 11.5 Å². The molecular weight excluding hydrogens is 442 g/mol. The van der Waals surface area contributed by atoms with E-state index in [2.05, 4.69) is 21.2 Å². The van der Waals surface area contributed by atoms with Gasteiger partial charge in [-0.25, -0.2) is 0 Å². The molecule has 26 heavy (non-hydrogen) atoms. The third kappa shape index (κ3) is 4.23. The summed E-state index contributed by atoms with van der Waals surface area (Å²) in [6.45, 7) is 0.280. The Morgan fingerprint density at radius 2 is 2.04 bits per heavy atom. The SMILES string of the molecule is COc1cc(/C=C2\SC(=O)NC2=O)cc(Br)c1OCc1ccccc1Cl. The molecule has 0 spiro atoms. The van der Waals surface area contributed by atoms with Gasteiger partial charge in [0.1, 0.15) is 6.61 Å². The molecule has 1 aliphatic heterocycles. The molecule has 8 heteroatoms. The number of amides is 2. The highest BCUT2D eigenvalue weighted by atomic mass is 79.9. The summed E-state index contributed by atoms with van der Waals surface area (Å²) in [5.41, 5.74) is 1.55. The minimum absolute atomic E-state index is 0.280. The molecule has 1 saturated heterocycles. The van der Waals surface area contributed by atoms with Crippen LogP contribution in [0.1, 0.15) is 11.1 Å². The lowest BCUT2D eigenvalue weighted by molar-refractivity contribution is -0.115. The van der Waals surface area contributed by atoms with Crippen molar-refractivity contribution >= 4 is 56.5 Å². The second-order valence-corrected chi connectivity index (χ2v) is 7.54. The van der Waals surface area contributed by atoms with E-state index in [4.69, 9.17) is 21.1 Å². The summed E-state index contributed by atoms with van der Waals surface area (Å²) >= 11 is 10.5. The van der Waals surface area contributed by atoms with Crippen LogP contribution in [0.2, 0.25) is 5.02 Å². The van der Waals surface area contributed by atoms with Gasteiger partial charge in [-0.05, 0) is 57.5 Å². The van der Waals surface area contributed by atoms with Crippen LogP contribution in [0.25, 0.3) is 6.08 Å². The van der Waals surface area contributed by atoms with Gasteiger partial charge in [-0.1, -0.05) is 29.8 Å². The van der Waals surface area contributed by atoms with E-state index in [1.807, 2.05) is 18.2 Å². The first-order chi connectivity index (χ1) is 12.5. The zero-order valence-corrected chi connectivity index (χ0v) is 16.7. The Hall–Kier alpha value is -1.96. The summed E-state index contributed by atoms with van der Waals surface area (Å²) in [7, 11) is 1.53. The molecule has 0 radical (unpaired) electrons. The van der Waals surface area contributed by atoms with Gasteiger partial charge in [-0.3, -0.25) is 14.9 Å². The van der Waals surface area contributed by atoms with Gasteiger partial charge in [-0.2, -0.15) is 0 Å². The fraction of sp³-hybridized carbons (Fsp3) is 0.111. The molecule has 0 atom stereocenters. The zero-order chi connectivity index (χ0) is 18.7. The highest BCUT2D eigenvalue weighted by molar-refractivity contribution is 9.10. The van der Waals surface area contributed by atoms with Gasteiger partial charge in [0.05, 0.1) is 16.5 Å². The summed E-state index contributed by atoms with van der Waals surface area (Å²) in [6.07, 6.45) is 1.62. The first-order valence-electron chi connectivity index (χ1n) is 7.46. The fourth-order valence-electron chi connectivity index (χ4n) is 2.30. The normalized spacial score (nSPS) is 15.3. The summed E-state index contributed by atoms with van der Waals surface area (Å²) in [6, 6.07) is 10.9. The molecule has 134 valence electrons. The number of rotatable bonds is 5. The van der Waals surface area contributed by atoms with E-state index >= 15 is 0 Å². The number of benzene rings is 2. The Kier molecular flexibility index (Phi) is 5.90. The van der Waals surface area contributed by atoms with Crippen molar-refractivity contribution < 1.29 is 19.1 Å². The first-order valence-corrected chi connectivity index (χ1v) is 9.45. The van der Waals surface area contributed by atoms with Gasteiger partial charge in [-0.15, -0.1) is 0 Å². The second kappa shape index (κ2) is 8.16. The molecule has 2 aromatic carbocycles. The maximum absolute atomic E-state index is 11.7. The maximum atomic E-state index is 11.7.